The van der Waals surface area contributed by atoms with Gasteiger partial charge in [-0.3, -0.25) is 39.0 Å². The van der Waals surface area contributed by atoms with Gasteiger partial charge in [0.15, 0.2) is 11.7 Å². The molecule has 35 heavy (non-hydrogen) atoms. The minimum absolute atomic E-state index is 0.0920. The van der Waals surface area contributed by atoms with Crippen molar-refractivity contribution in [1.82, 2.24) is 15.1 Å². The first-order valence-corrected chi connectivity index (χ1v) is 10.4. The van der Waals surface area contributed by atoms with Crippen LogP contribution >= 0.6 is 11.6 Å². The van der Waals surface area contributed by atoms with Crippen molar-refractivity contribution in [2.75, 3.05) is 22.6 Å². The highest BCUT2D eigenvalue weighted by Crippen LogP contribution is 2.26. The monoisotopic (exact) mass is 511 g/mol. The van der Waals surface area contributed by atoms with Crippen LogP contribution in [-0.2, 0) is 23.9 Å². The zero-order valence-corrected chi connectivity index (χ0v) is 18.7. The first kappa shape index (κ1) is 25.2. The Morgan fingerprint density at radius 2 is 1.97 bits per heavy atom. The molecule has 0 aliphatic heterocycles. The number of halogens is 1. The van der Waals surface area contributed by atoms with Crippen LogP contribution in [0.3, 0.4) is 0 Å². The number of hydrogen-bond acceptors (Lipinski definition) is 10. The Labute approximate surface area is 199 Å². The SMILES string of the molecule is CC(=O)O[C@@H](C(=O)Nc1noc(=O)[nH]1)[C@@H](CC(=O)O)C(=O)N(CCCl)c1ccc2[nH]c(=O)oc2c1. The van der Waals surface area contributed by atoms with Gasteiger partial charge in [-0.1, -0.05) is 0 Å². The van der Waals surface area contributed by atoms with Crippen LogP contribution in [0.4, 0.5) is 11.6 Å². The summed E-state index contributed by atoms with van der Waals surface area (Å²) in [7, 11) is 0. The normalized spacial score (nSPS) is 12.6. The number of ether oxygens (including phenoxy) is 1. The van der Waals surface area contributed by atoms with Crippen molar-refractivity contribution in [2.24, 2.45) is 5.92 Å². The van der Waals surface area contributed by atoms with E-state index in [0.29, 0.717) is 5.52 Å². The van der Waals surface area contributed by atoms with E-state index in [4.69, 9.17) is 20.8 Å². The van der Waals surface area contributed by atoms with Crippen LogP contribution in [-0.4, -0.2) is 62.5 Å². The minimum atomic E-state index is -1.94. The van der Waals surface area contributed by atoms with Crippen molar-refractivity contribution in [3.8, 4) is 0 Å². The smallest absolute Gasteiger partial charge is 0.440 e. The van der Waals surface area contributed by atoms with E-state index in [1.807, 2.05) is 4.98 Å². The molecular formula is C19H18ClN5O10. The second-order valence-electron chi connectivity index (χ2n) is 7.04. The summed E-state index contributed by atoms with van der Waals surface area (Å²) in [6.45, 7) is 0.820. The van der Waals surface area contributed by atoms with Crippen LogP contribution in [0.1, 0.15) is 13.3 Å². The van der Waals surface area contributed by atoms with Gasteiger partial charge in [0.1, 0.15) is 0 Å². The molecule has 0 saturated heterocycles. The van der Waals surface area contributed by atoms with Crippen molar-refractivity contribution >= 4 is 58.1 Å². The number of carboxylic acids is 1. The van der Waals surface area contributed by atoms with Crippen molar-refractivity contribution in [3.63, 3.8) is 0 Å². The Bertz CT molecular complexity index is 1370. The maximum absolute atomic E-state index is 13.5. The van der Waals surface area contributed by atoms with Gasteiger partial charge < -0.3 is 19.2 Å². The van der Waals surface area contributed by atoms with Crippen LogP contribution in [0, 0.1) is 5.92 Å². The number of nitrogens with one attached hydrogen (secondary N) is 3. The fraction of sp³-hybridized carbons (Fsp3) is 0.316. The Hall–Kier alpha value is -4.40. The molecule has 3 aromatic rings. The number of carbonyl (C=O) groups excluding carboxylic acids is 3. The van der Waals surface area contributed by atoms with Gasteiger partial charge in [0.05, 0.1) is 17.9 Å². The number of hydrogen-bond donors (Lipinski definition) is 4. The molecule has 4 N–H and O–H groups in total. The number of rotatable bonds is 10. The lowest BCUT2D eigenvalue weighted by atomic mass is 9.95. The molecule has 0 aliphatic carbocycles. The number of carbonyl (C=O) groups is 4. The maximum atomic E-state index is 13.5. The summed E-state index contributed by atoms with van der Waals surface area (Å²) in [5.74, 6) is -8.54. The number of aliphatic carboxylic acids is 1. The van der Waals surface area contributed by atoms with Gasteiger partial charge in [-0.2, -0.15) is 0 Å². The zero-order valence-electron chi connectivity index (χ0n) is 17.9. The molecule has 0 bridgehead atoms. The largest absolute Gasteiger partial charge is 0.481 e. The third-order valence-electron chi connectivity index (χ3n) is 4.60. The molecule has 0 spiro atoms. The molecule has 186 valence electrons. The summed E-state index contributed by atoms with van der Waals surface area (Å²) in [6.07, 6.45) is -2.86. The first-order chi connectivity index (χ1) is 16.6. The van der Waals surface area contributed by atoms with Crippen LogP contribution in [0.15, 0.2) is 36.7 Å². The molecule has 0 fully saturated rings. The third kappa shape index (κ3) is 6.14. The fourth-order valence-corrected chi connectivity index (χ4v) is 3.40. The lowest BCUT2D eigenvalue weighted by Crippen LogP contribution is -2.48. The van der Waals surface area contributed by atoms with Crippen molar-refractivity contribution < 1.29 is 38.0 Å². The number of esters is 1. The Balaban J connectivity index is 2.00. The van der Waals surface area contributed by atoms with Gasteiger partial charge in [0, 0.05) is 31.1 Å². The summed E-state index contributed by atoms with van der Waals surface area (Å²) in [5, 5.41) is 14.8. The number of aromatic amines is 2. The quantitative estimate of drug-likeness (QED) is 0.210. The molecule has 15 nitrogen and oxygen atoms in total. The first-order valence-electron chi connectivity index (χ1n) is 9.85. The average molecular weight is 512 g/mol. The molecule has 1 aromatic carbocycles. The molecule has 0 aliphatic rings. The predicted octanol–water partition coefficient (Wildman–Crippen LogP) is 0.0305. The van der Waals surface area contributed by atoms with Crippen LogP contribution in [0.2, 0.25) is 0 Å². The van der Waals surface area contributed by atoms with E-state index < -0.39 is 59.7 Å². The van der Waals surface area contributed by atoms with E-state index in [2.05, 4.69) is 20.0 Å². The van der Waals surface area contributed by atoms with E-state index in [1.165, 1.54) is 18.2 Å². The summed E-state index contributed by atoms with van der Waals surface area (Å²) in [4.78, 5) is 77.8. The van der Waals surface area contributed by atoms with E-state index in [1.54, 1.807) is 0 Å². The van der Waals surface area contributed by atoms with Crippen LogP contribution in [0.25, 0.3) is 11.1 Å². The van der Waals surface area contributed by atoms with Crippen molar-refractivity contribution in [1.29, 1.82) is 0 Å². The highest BCUT2D eigenvalue weighted by Gasteiger charge is 2.41. The fourth-order valence-electron chi connectivity index (χ4n) is 3.23. The summed E-state index contributed by atoms with van der Waals surface area (Å²) >= 11 is 5.85. The molecule has 2 amide bonds. The number of alkyl halides is 1. The van der Waals surface area contributed by atoms with E-state index in [9.17, 15) is 33.9 Å². The molecule has 2 aromatic heterocycles. The minimum Gasteiger partial charge on any atom is -0.481 e. The van der Waals surface area contributed by atoms with Gasteiger partial charge in [-0.05, 0) is 17.3 Å². The van der Waals surface area contributed by atoms with Gasteiger partial charge >= 0.3 is 23.5 Å². The summed E-state index contributed by atoms with van der Waals surface area (Å²) in [5.41, 5.74) is 0.626. The van der Waals surface area contributed by atoms with Crippen LogP contribution in [0.5, 0.6) is 0 Å². The summed E-state index contributed by atoms with van der Waals surface area (Å²) < 4.78 is 14.3. The van der Waals surface area contributed by atoms with E-state index in [0.717, 1.165) is 11.8 Å². The lowest BCUT2D eigenvalue weighted by Gasteiger charge is -2.30. The van der Waals surface area contributed by atoms with Gasteiger partial charge in [0.25, 0.3) is 11.9 Å². The number of benzene rings is 1. The number of oxazole rings is 1. The van der Waals surface area contributed by atoms with Crippen molar-refractivity contribution in [3.05, 3.63) is 39.3 Å². The number of carboxylic acid groups (broad SMARTS) is 1. The molecule has 0 saturated carbocycles. The second kappa shape index (κ2) is 10.7. The van der Waals surface area contributed by atoms with Gasteiger partial charge in [0.2, 0.25) is 5.91 Å². The van der Waals surface area contributed by atoms with E-state index >= 15 is 0 Å². The molecular weight excluding hydrogens is 494 g/mol. The lowest BCUT2D eigenvalue weighted by molar-refractivity contribution is -0.160. The molecule has 3 rings (SSSR count). The third-order valence-corrected chi connectivity index (χ3v) is 4.77. The van der Waals surface area contributed by atoms with Gasteiger partial charge in [-0.15, -0.1) is 11.6 Å². The second-order valence-corrected chi connectivity index (χ2v) is 7.42. The number of fused-ring (bicyclic) bond motifs is 1. The predicted molar refractivity (Wildman–Crippen MR) is 117 cm³/mol. The number of nitrogens with zero attached hydrogens (tertiary/aromatic N) is 2. The Morgan fingerprint density at radius 3 is 2.57 bits per heavy atom. The Kier molecular flexibility index (Phi) is 7.70. The topological polar surface area (TPSA) is 218 Å². The van der Waals surface area contributed by atoms with Crippen LogP contribution < -0.4 is 21.7 Å². The molecule has 0 unspecified atom stereocenters. The number of anilines is 2. The number of H-pyrrole nitrogens is 2. The molecule has 2 heterocycles. The Morgan fingerprint density at radius 1 is 1.23 bits per heavy atom. The average Bonchev–Trinajstić information content (AvgIpc) is 3.36. The highest BCUT2D eigenvalue weighted by atomic mass is 35.5. The zero-order chi connectivity index (χ0) is 25.7. The molecule has 2 atom stereocenters. The van der Waals surface area contributed by atoms with E-state index in [-0.39, 0.29) is 23.7 Å². The highest BCUT2D eigenvalue weighted by molar-refractivity contribution is 6.18. The number of aromatic nitrogens is 3. The molecule has 0 radical (unpaired) electrons. The van der Waals surface area contributed by atoms with Crippen molar-refractivity contribution in [2.45, 2.75) is 19.4 Å². The number of amides is 2. The maximum Gasteiger partial charge on any atom is 0.440 e. The summed E-state index contributed by atoms with van der Waals surface area (Å²) in [6, 6.07) is 4.24. The standard InChI is InChI=1S/C19H18ClN5O10/c1-8(26)33-14(15(29)22-17-23-19(32)35-24-17)10(7-13(27)28)16(30)25(5-4-20)9-2-3-11-12(6-9)34-18(31)21-11/h2-3,6,10,14H,4-5,7H2,1H3,(H,21,31)(H,27,28)(H2,22,23,24,29,32)/t10-,14-/m1/s1. The molecule has 16 heteroatoms. The van der Waals surface area contributed by atoms with Gasteiger partial charge in [-0.25, -0.2) is 9.59 Å².